The van der Waals surface area contributed by atoms with Gasteiger partial charge in [0.2, 0.25) is 5.56 Å². The van der Waals surface area contributed by atoms with Gasteiger partial charge in [-0.05, 0) is 18.2 Å². The Hall–Kier alpha value is -2.42. The van der Waals surface area contributed by atoms with Crippen molar-refractivity contribution in [3.63, 3.8) is 0 Å². The summed E-state index contributed by atoms with van der Waals surface area (Å²) in [6.45, 7) is 4.00. The molecule has 1 N–H and O–H groups in total. The van der Waals surface area contributed by atoms with Crippen LogP contribution in [0, 0.1) is 0 Å². The van der Waals surface area contributed by atoms with Crippen molar-refractivity contribution < 1.29 is 0 Å². The molecule has 3 nitrogen and oxygen atoms in total. The molecule has 0 amide bonds. The van der Waals surface area contributed by atoms with E-state index in [1.165, 1.54) is 6.07 Å². The van der Waals surface area contributed by atoms with E-state index in [1.54, 1.807) is 6.07 Å². The van der Waals surface area contributed by atoms with Crippen LogP contribution in [-0.4, -0.2) is 9.97 Å². The number of para-hydroxylation sites is 1. The maximum Gasteiger partial charge on any atom is 0.248 e. The highest BCUT2D eigenvalue weighted by Crippen LogP contribution is 2.17. The molecule has 19 heavy (non-hydrogen) atoms. The molecule has 0 aliphatic carbocycles. The lowest BCUT2D eigenvalue weighted by Gasteiger charge is -2.02. The zero-order chi connectivity index (χ0) is 13.7. The van der Waals surface area contributed by atoms with Gasteiger partial charge < -0.3 is 4.98 Å². The van der Waals surface area contributed by atoms with Crippen molar-refractivity contribution in [3.05, 3.63) is 65.0 Å². The van der Waals surface area contributed by atoms with Gasteiger partial charge in [-0.25, -0.2) is 4.98 Å². The van der Waals surface area contributed by atoms with Gasteiger partial charge >= 0.3 is 0 Å². The van der Waals surface area contributed by atoms with Crippen LogP contribution in [0.15, 0.2) is 59.4 Å². The second kappa shape index (κ2) is 5.96. The summed E-state index contributed by atoms with van der Waals surface area (Å²) in [5.41, 5.74) is 2.33. The van der Waals surface area contributed by atoms with E-state index in [4.69, 9.17) is 0 Å². The minimum atomic E-state index is -0.113. The number of aromatic amines is 1. The smallest absolute Gasteiger partial charge is 0.248 e. The van der Waals surface area contributed by atoms with E-state index >= 15 is 0 Å². The Balaban J connectivity index is 0.000000637. The molecule has 0 unspecified atom stereocenters. The number of hydrogen-bond acceptors (Lipinski definition) is 2. The molecule has 0 aliphatic rings. The van der Waals surface area contributed by atoms with E-state index in [0.29, 0.717) is 0 Å². The minimum absolute atomic E-state index is 0.113. The first kappa shape index (κ1) is 13.0. The van der Waals surface area contributed by atoms with Crippen LogP contribution < -0.4 is 5.56 Å². The van der Waals surface area contributed by atoms with Crippen molar-refractivity contribution >= 4 is 10.9 Å². The first-order valence-electron chi connectivity index (χ1n) is 6.38. The van der Waals surface area contributed by atoms with Gasteiger partial charge in [-0.1, -0.05) is 44.2 Å². The van der Waals surface area contributed by atoms with Gasteiger partial charge in [-0.3, -0.25) is 4.79 Å². The number of H-pyrrole nitrogens is 1. The molecule has 2 heterocycles. The molecule has 0 radical (unpaired) electrons. The Morgan fingerprint density at radius 2 is 1.68 bits per heavy atom. The third kappa shape index (κ3) is 2.88. The van der Waals surface area contributed by atoms with E-state index in [2.05, 4.69) is 9.97 Å². The predicted molar refractivity (Wildman–Crippen MR) is 79.1 cm³/mol. The molecule has 3 heteroatoms. The van der Waals surface area contributed by atoms with Gasteiger partial charge in [0, 0.05) is 11.5 Å². The number of aromatic nitrogens is 2. The van der Waals surface area contributed by atoms with Crippen molar-refractivity contribution in [2.75, 3.05) is 0 Å². The van der Waals surface area contributed by atoms with Crippen LogP contribution in [-0.2, 0) is 0 Å². The van der Waals surface area contributed by atoms with Crippen LogP contribution in [0.1, 0.15) is 13.8 Å². The fourth-order valence-electron chi connectivity index (χ4n) is 1.81. The lowest BCUT2D eigenvalue weighted by molar-refractivity contribution is 1.21. The Bertz CT molecular complexity index is 732. The number of benzene rings is 1. The van der Waals surface area contributed by atoms with Gasteiger partial charge in [0.15, 0.2) is 0 Å². The SMILES string of the molecule is CC.O=c1cccc(-c2ccc3ccccc3n2)[nH]1. The monoisotopic (exact) mass is 252 g/mol. The summed E-state index contributed by atoms with van der Waals surface area (Å²) in [7, 11) is 0. The van der Waals surface area contributed by atoms with E-state index in [9.17, 15) is 4.79 Å². The van der Waals surface area contributed by atoms with Crippen molar-refractivity contribution in [1.82, 2.24) is 9.97 Å². The van der Waals surface area contributed by atoms with E-state index in [-0.39, 0.29) is 5.56 Å². The largest absolute Gasteiger partial charge is 0.321 e. The molecular weight excluding hydrogens is 236 g/mol. The third-order valence-electron chi connectivity index (χ3n) is 2.64. The highest BCUT2D eigenvalue weighted by atomic mass is 16.1. The van der Waals surface area contributed by atoms with Crippen LogP contribution in [0.5, 0.6) is 0 Å². The second-order valence-corrected chi connectivity index (χ2v) is 3.82. The first-order valence-corrected chi connectivity index (χ1v) is 6.38. The molecule has 3 aromatic rings. The lowest BCUT2D eigenvalue weighted by Crippen LogP contribution is -2.04. The summed E-state index contributed by atoms with van der Waals surface area (Å²) in [6, 6.07) is 16.9. The molecule has 0 bridgehead atoms. The van der Waals surface area contributed by atoms with Gasteiger partial charge in [-0.15, -0.1) is 0 Å². The molecule has 0 saturated carbocycles. The minimum Gasteiger partial charge on any atom is -0.321 e. The molecule has 0 spiro atoms. The van der Waals surface area contributed by atoms with Crippen LogP contribution in [0.2, 0.25) is 0 Å². The number of nitrogens with zero attached hydrogens (tertiary/aromatic N) is 1. The first-order chi connectivity index (χ1) is 9.33. The maximum atomic E-state index is 11.2. The molecule has 0 aliphatic heterocycles. The highest BCUT2D eigenvalue weighted by molar-refractivity contribution is 5.80. The summed E-state index contributed by atoms with van der Waals surface area (Å²) in [5.74, 6) is 0. The Kier molecular flexibility index (Phi) is 4.08. The molecular formula is C16H16N2O. The summed E-state index contributed by atoms with van der Waals surface area (Å²) < 4.78 is 0. The number of nitrogens with one attached hydrogen (secondary N) is 1. The van der Waals surface area contributed by atoms with Crippen LogP contribution in [0.3, 0.4) is 0 Å². The summed E-state index contributed by atoms with van der Waals surface area (Å²) in [4.78, 5) is 18.5. The normalized spacial score (nSPS) is 9.79. The molecule has 2 aromatic heterocycles. The van der Waals surface area contributed by atoms with Gasteiger partial charge in [-0.2, -0.15) is 0 Å². The van der Waals surface area contributed by atoms with Crippen LogP contribution in [0.4, 0.5) is 0 Å². The number of hydrogen-bond donors (Lipinski definition) is 1. The average Bonchev–Trinajstić information content (AvgIpc) is 2.49. The summed E-state index contributed by atoms with van der Waals surface area (Å²) >= 11 is 0. The molecule has 0 saturated heterocycles. The topological polar surface area (TPSA) is 45.8 Å². The van der Waals surface area contributed by atoms with Crippen LogP contribution >= 0.6 is 0 Å². The predicted octanol–water partition coefficient (Wildman–Crippen LogP) is 3.62. The van der Waals surface area contributed by atoms with Gasteiger partial charge in [0.25, 0.3) is 0 Å². The Morgan fingerprint density at radius 1 is 0.895 bits per heavy atom. The fourth-order valence-corrected chi connectivity index (χ4v) is 1.81. The van der Waals surface area contributed by atoms with Crippen molar-refractivity contribution in [2.24, 2.45) is 0 Å². The second-order valence-electron chi connectivity index (χ2n) is 3.82. The molecule has 0 atom stereocenters. The summed E-state index contributed by atoms with van der Waals surface area (Å²) in [6.07, 6.45) is 0. The Morgan fingerprint density at radius 3 is 2.47 bits per heavy atom. The average molecular weight is 252 g/mol. The number of fused-ring (bicyclic) bond motifs is 1. The van der Waals surface area contributed by atoms with Crippen molar-refractivity contribution in [2.45, 2.75) is 13.8 Å². The molecule has 1 aromatic carbocycles. The zero-order valence-corrected chi connectivity index (χ0v) is 11.1. The third-order valence-corrected chi connectivity index (χ3v) is 2.64. The quantitative estimate of drug-likeness (QED) is 0.719. The molecule has 0 fully saturated rings. The lowest BCUT2D eigenvalue weighted by atomic mass is 10.2. The van der Waals surface area contributed by atoms with Gasteiger partial charge in [0.1, 0.15) is 0 Å². The molecule has 96 valence electrons. The molecule has 3 rings (SSSR count). The maximum absolute atomic E-state index is 11.2. The van der Waals surface area contributed by atoms with E-state index in [1.807, 2.05) is 56.3 Å². The summed E-state index contributed by atoms with van der Waals surface area (Å²) in [5, 5.41) is 1.09. The zero-order valence-electron chi connectivity index (χ0n) is 11.1. The van der Waals surface area contributed by atoms with E-state index < -0.39 is 0 Å². The Labute approximate surface area is 112 Å². The van der Waals surface area contributed by atoms with Crippen LogP contribution in [0.25, 0.3) is 22.3 Å². The van der Waals surface area contributed by atoms with E-state index in [0.717, 1.165) is 22.3 Å². The van der Waals surface area contributed by atoms with Gasteiger partial charge in [0.05, 0.1) is 16.9 Å². The highest BCUT2D eigenvalue weighted by Gasteiger charge is 2.01. The number of rotatable bonds is 1. The van der Waals surface area contributed by atoms with Crippen molar-refractivity contribution in [1.29, 1.82) is 0 Å². The standard InChI is InChI=1S/C14H10N2O.C2H6/c17-14-7-3-6-12(16-14)13-9-8-10-4-1-2-5-11(10)15-13;1-2/h1-9H,(H,16,17);1-2H3. The van der Waals surface area contributed by atoms with Crippen molar-refractivity contribution in [3.8, 4) is 11.4 Å². The fraction of sp³-hybridized carbons (Fsp3) is 0.125. The number of pyridine rings is 2.